The summed E-state index contributed by atoms with van der Waals surface area (Å²) in [6, 6.07) is 8.45. The number of carbonyl (C=O) groups excluding carboxylic acids is 1. The van der Waals surface area contributed by atoms with E-state index >= 15 is 0 Å². The van der Waals surface area contributed by atoms with E-state index in [1.54, 1.807) is 12.1 Å². The van der Waals surface area contributed by atoms with Crippen molar-refractivity contribution in [2.45, 2.75) is 12.7 Å². The van der Waals surface area contributed by atoms with E-state index < -0.39 is 18.7 Å². The molecule has 0 bridgehead atoms. The fraction of sp³-hybridized carbons (Fsp3) is 0.188. The SMILES string of the molecule is O=C(NCc1cccnc1OCC(F)(F)F)c1cc(-c2cccs2)[nH]n1. The van der Waals surface area contributed by atoms with Crippen LogP contribution in [-0.2, 0) is 6.54 Å². The zero-order valence-corrected chi connectivity index (χ0v) is 14.0. The van der Waals surface area contributed by atoms with Gasteiger partial charge in [-0.25, -0.2) is 4.98 Å². The van der Waals surface area contributed by atoms with E-state index in [-0.39, 0.29) is 18.1 Å². The number of carbonyl (C=O) groups is 1. The van der Waals surface area contributed by atoms with E-state index in [2.05, 4.69) is 25.2 Å². The minimum atomic E-state index is -4.47. The van der Waals surface area contributed by atoms with Gasteiger partial charge in [-0.05, 0) is 23.6 Å². The van der Waals surface area contributed by atoms with E-state index in [1.165, 1.54) is 23.6 Å². The van der Waals surface area contributed by atoms with Crippen molar-refractivity contribution in [1.82, 2.24) is 20.5 Å². The number of pyridine rings is 1. The maximum atomic E-state index is 12.3. The third-order valence-corrected chi connectivity index (χ3v) is 4.16. The summed E-state index contributed by atoms with van der Waals surface area (Å²) in [5.41, 5.74) is 1.22. The number of nitrogens with zero attached hydrogens (tertiary/aromatic N) is 2. The van der Waals surface area contributed by atoms with Crippen LogP contribution in [0.15, 0.2) is 41.9 Å². The molecule has 3 aromatic rings. The topological polar surface area (TPSA) is 79.9 Å². The van der Waals surface area contributed by atoms with Crippen LogP contribution in [0.1, 0.15) is 16.1 Å². The van der Waals surface area contributed by atoms with Gasteiger partial charge < -0.3 is 10.1 Å². The number of thiophene rings is 1. The van der Waals surface area contributed by atoms with E-state index in [0.29, 0.717) is 11.3 Å². The third kappa shape index (κ3) is 4.60. The Labute approximate surface area is 150 Å². The summed E-state index contributed by atoms with van der Waals surface area (Å²) >= 11 is 1.50. The number of nitrogens with one attached hydrogen (secondary N) is 2. The van der Waals surface area contributed by atoms with E-state index in [9.17, 15) is 18.0 Å². The lowest BCUT2D eigenvalue weighted by Gasteiger charge is -2.12. The first-order valence-electron chi connectivity index (χ1n) is 7.43. The highest BCUT2D eigenvalue weighted by Gasteiger charge is 2.29. The Morgan fingerprint density at radius 2 is 2.15 bits per heavy atom. The van der Waals surface area contributed by atoms with Gasteiger partial charge in [0.1, 0.15) is 0 Å². The standard InChI is InChI=1S/C16H13F3N4O2S/c17-16(18,19)9-25-15-10(3-1-5-20-15)8-21-14(24)12-7-11(22-23-12)13-4-2-6-26-13/h1-7H,8-9H2,(H,21,24)(H,22,23). The number of aromatic amines is 1. The lowest BCUT2D eigenvalue weighted by Crippen LogP contribution is -2.24. The fourth-order valence-electron chi connectivity index (χ4n) is 2.10. The van der Waals surface area contributed by atoms with Crippen LogP contribution >= 0.6 is 11.3 Å². The maximum Gasteiger partial charge on any atom is 0.422 e. The van der Waals surface area contributed by atoms with E-state index in [0.717, 1.165) is 4.88 Å². The van der Waals surface area contributed by atoms with Crippen molar-refractivity contribution in [3.05, 3.63) is 53.2 Å². The molecule has 6 nitrogen and oxygen atoms in total. The van der Waals surface area contributed by atoms with Crippen molar-refractivity contribution in [3.8, 4) is 16.5 Å². The van der Waals surface area contributed by atoms with Gasteiger partial charge in [0.15, 0.2) is 12.3 Å². The Hall–Kier alpha value is -2.88. The third-order valence-electron chi connectivity index (χ3n) is 3.26. The molecule has 0 saturated carbocycles. The molecule has 3 heterocycles. The van der Waals surface area contributed by atoms with Gasteiger partial charge in [-0.1, -0.05) is 12.1 Å². The molecule has 0 saturated heterocycles. The number of H-pyrrole nitrogens is 1. The van der Waals surface area contributed by atoms with Crippen LogP contribution in [0, 0.1) is 0 Å². The second-order valence-corrected chi connectivity index (χ2v) is 6.15. The average Bonchev–Trinajstić information content (AvgIpc) is 3.28. The lowest BCUT2D eigenvalue weighted by molar-refractivity contribution is -0.154. The number of rotatable bonds is 6. The molecule has 0 radical (unpaired) electrons. The smallest absolute Gasteiger partial charge is 0.422 e. The Kier molecular flexibility index (Phi) is 5.21. The van der Waals surface area contributed by atoms with Gasteiger partial charge in [-0.15, -0.1) is 11.3 Å². The van der Waals surface area contributed by atoms with Crippen molar-refractivity contribution in [1.29, 1.82) is 0 Å². The largest absolute Gasteiger partial charge is 0.468 e. The number of alkyl halides is 3. The molecule has 10 heteroatoms. The summed E-state index contributed by atoms with van der Waals surface area (Å²) in [6.45, 7) is -1.49. The van der Waals surface area contributed by atoms with Gasteiger partial charge in [-0.3, -0.25) is 9.89 Å². The number of ether oxygens (including phenoxy) is 1. The van der Waals surface area contributed by atoms with Gasteiger partial charge in [0, 0.05) is 18.3 Å². The minimum Gasteiger partial charge on any atom is -0.468 e. The molecule has 2 N–H and O–H groups in total. The maximum absolute atomic E-state index is 12.3. The number of hydrogen-bond acceptors (Lipinski definition) is 5. The first kappa shape index (κ1) is 17.9. The summed E-state index contributed by atoms with van der Waals surface area (Å²) in [7, 11) is 0. The average molecular weight is 382 g/mol. The molecule has 0 spiro atoms. The van der Waals surface area contributed by atoms with Gasteiger partial charge in [0.05, 0.1) is 10.6 Å². The molecular weight excluding hydrogens is 369 g/mol. The molecule has 0 atom stereocenters. The van der Waals surface area contributed by atoms with Crippen LogP contribution in [0.3, 0.4) is 0 Å². The van der Waals surface area contributed by atoms with Crippen LogP contribution in [0.25, 0.3) is 10.6 Å². The molecule has 0 aliphatic heterocycles. The van der Waals surface area contributed by atoms with Gasteiger partial charge in [0.2, 0.25) is 5.88 Å². The molecule has 0 aliphatic carbocycles. The fourth-order valence-corrected chi connectivity index (χ4v) is 2.79. The highest BCUT2D eigenvalue weighted by atomic mass is 32.1. The highest BCUT2D eigenvalue weighted by Crippen LogP contribution is 2.23. The molecule has 0 fully saturated rings. The summed E-state index contributed by atoms with van der Waals surface area (Å²) in [6.07, 6.45) is -3.15. The van der Waals surface area contributed by atoms with Crippen molar-refractivity contribution >= 4 is 17.2 Å². The number of amides is 1. The Bertz CT molecular complexity index is 878. The molecule has 0 aromatic carbocycles. The predicted molar refractivity (Wildman–Crippen MR) is 88.9 cm³/mol. The molecule has 3 aromatic heterocycles. The van der Waals surface area contributed by atoms with Gasteiger partial charge >= 0.3 is 6.18 Å². The summed E-state index contributed by atoms with van der Waals surface area (Å²) in [5, 5.41) is 11.2. The van der Waals surface area contributed by atoms with Crippen LogP contribution < -0.4 is 10.1 Å². The van der Waals surface area contributed by atoms with Gasteiger partial charge in [-0.2, -0.15) is 18.3 Å². The van der Waals surface area contributed by atoms with Crippen molar-refractivity contribution < 1.29 is 22.7 Å². The Morgan fingerprint density at radius 1 is 1.31 bits per heavy atom. The van der Waals surface area contributed by atoms with Crippen molar-refractivity contribution in [2.24, 2.45) is 0 Å². The Morgan fingerprint density at radius 3 is 2.88 bits per heavy atom. The van der Waals surface area contributed by atoms with Crippen LogP contribution in [0.4, 0.5) is 13.2 Å². The van der Waals surface area contributed by atoms with Gasteiger partial charge in [0.25, 0.3) is 5.91 Å². The zero-order chi connectivity index (χ0) is 18.6. The normalized spacial score (nSPS) is 11.3. The molecular formula is C16H13F3N4O2S. The first-order valence-corrected chi connectivity index (χ1v) is 8.31. The van der Waals surface area contributed by atoms with Crippen LogP contribution in [-0.4, -0.2) is 33.9 Å². The predicted octanol–water partition coefficient (Wildman–Crippen LogP) is 3.40. The van der Waals surface area contributed by atoms with E-state index in [4.69, 9.17) is 0 Å². The number of halogens is 3. The molecule has 0 unspecified atom stereocenters. The van der Waals surface area contributed by atoms with Crippen LogP contribution in [0.5, 0.6) is 5.88 Å². The molecule has 3 rings (SSSR count). The Balaban J connectivity index is 1.63. The van der Waals surface area contributed by atoms with Crippen molar-refractivity contribution in [2.75, 3.05) is 6.61 Å². The summed E-state index contributed by atoms with van der Waals surface area (Å²) in [5.74, 6) is -0.638. The minimum absolute atomic E-state index is 0.0406. The number of aromatic nitrogens is 3. The number of hydrogen-bond donors (Lipinski definition) is 2. The highest BCUT2D eigenvalue weighted by molar-refractivity contribution is 7.13. The van der Waals surface area contributed by atoms with Crippen molar-refractivity contribution in [3.63, 3.8) is 0 Å². The zero-order valence-electron chi connectivity index (χ0n) is 13.2. The second-order valence-electron chi connectivity index (χ2n) is 5.20. The molecule has 136 valence electrons. The summed E-state index contributed by atoms with van der Waals surface area (Å²) < 4.78 is 41.6. The quantitative estimate of drug-likeness (QED) is 0.685. The lowest BCUT2D eigenvalue weighted by atomic mass is 10.2. The first-order chi connectivity index (χ1) is 12.4. The second kappa shape index (κ2) is 7.56. The monoisotopic (exact) mass is 382 g/mol. The van der Waals surface area contributed by atoms with E-state index in [1.807, 2.05) is 17.5 Å². The molecule has 1 amide bonds. The van der Waals surface area contributed by atoms with Crippen LogP contribution in [0.2, 0.25) is 0 Å². The molecule has 26 heavy (non-hydrogen) atoms. The molecule has 0 aliphatic rings. The summed E-state index contributed by atoms with van der Waals surface area (Å²) in [4.78, 5) is 16.9.